The molecule has 1 rings (SSSR count). The summed E-state index contributed by atoms with van der Waals surface area (Å²) in [6.07, 6.45) is 8.46. The summed E-state index contributed by atoms with van der Waals surface area (Å²) in [7, 11) is 0. The molecule has 0 saturated carbocycles. The van der Waals surface area contributed by atoms with E-state index in [1.165, 1.54) is 24.8 Å². The van der Waals surface area contributed by atoms with E-state index >= 15 is 0 Å². The van der Waals surface area contributed by atoms with E-state index in [2.05, 4.69) is 24.1 Å². The molecule has 0 saturated heterocycles. The summed E-state index contributed by atoms with van der Waals surface area (Å²) < 4.78 is 0. The quantitative estimate of drug-likeness (QED) is 0.730. The van der Waals surface area contributed by atoms with Gasteiger partial charge < -0.3 is 5.32 Å². The van der Waals surface area contributed by atoms with E-state index in [0.29, 0.717) is 6.04 Å². The second-order valence-electron chi connectivity index (χ2n) is 4.00. The highest BCUT2D eigenvalue weighted by atomic mass is 35.5. The van der Waals surface area contributed by atoms with Crippen LogP contribution in [0.4, 0.5) is 0 Å². The van der Waals surface area contributed by atoms with Gasteiger partial charge in [-0.25, -0.2) is 0 Å². The molecule has 2 nitrogen and oxygen atoms in total. The predicted octanol–water partition coefficient (Wildman–Crippen LogP) is 3.97. The van der Waals surface area contributed by atoms with Gasteiger partial charge in [-0.3, -0.25) is 4.98 Å². The third-order valence-corrected chi connectivity index (χ3v) is 3.04. The summed E-state index contributed by atoms with van der Waals surface area (Å²) in [4.78, 5) is 4.02. The summed E-state index contributed by atoms with van der Waals surface area (Å²) in [5.41, 5.74) is 1.18. The minimum atomic E-state index is 0.368. The van der Waals surface area contributed by atoms with E-state index in [-0.39, 0.29) is 0 Å². The van der Waals surface area contributed by atoms with Crippen LogP contribution in [0, 0.1) is 0 Å². The van der Waals surface area contributed by atoms with Crippen LogP contribution in [-0.4, -0.2) is 11.5 Å². The van der Waals surface area contributed by atoms with Crippen molar-refractivity contribution in [3.63, 3.8) is 0 Å². The lowest BCUT2D eigenvalue weighted by molar-refractivity contribution is 0.486. The summed E-state index contributed by atoms with van der Waals surface area (Å²) in [6, 6.07) is 2.38. The molecule has 0 amide bonds. The van der Waals surface area contributed by atoms with Crippen LogP contribution in [0.2, 0.25) is 5.02 Å². The van der Waals surface area contributed by atoms with Crippen LogP contribution in [0.3, 0.4) is 0 Å². The number of rotatable bonds is 7. The lowest BCUT2D eigenvalue weighted by atomic mass is 10.0. The van der Waals surface area contributed by atoms with Gasteiger partial charge in [-0.15, -0.1) is 0 Å². The number of nitrogens with one attached hydrogen (secondary N) is 1. The molecule has 0 spiro atoms. The third kappa shape index (κ3) is 4.11. The second kappa shape index (κ2) is 7.64. The van der Waals surface area contributed by atoms with Gasteiger partial charge in [-0.05, 0) is 24.6 Å². The monoisotopic (exact) mass is 240 g/mol. The predicted molar refractivity (Wildman–Crippen MR) is 69.8 cm³/mol. The minimum Gasteiger partial charge on any atom is -0.310 e. The Balaban J connectivity index is 2.65. The van der Waals surface area contributed by atoms with Gasteiger partial charge in [0.05, 0.1) is 5.02 Å². The molecule has 0 aliphatic carbocycles. The first-order valence-electron chi connectivity index (χ1n) is 6.12. The molecule has 0 radical (unpaired) electrons. The SMILES string of the molecule is CCCCCC(NCC)c1ccncc1Cl. The van der Waals surface area contributed by atoms with Crippen molar-refractivity contribution in [2.24, 2.45) is 0 Å². The first-order chi connectivity index (χ1) is 7.79. The maximum Gasteiger partial charge on any atom is 0.0637 e. The molecular formula is C13H21ClN2. The second-order valence-corrected chi connectivity index (χ2v) is 4.41. The summed E-state index contributed by atoms with van der Waals surface area (Å²) in [5.74, 6) is 0. The standard InChI is InChI=1S/C13H21ClN2/c1-3-5-6-7-13(16-4-2)11-8-9-15-10-12(11)14/h8-10,13,16H,3-7H2,1-2H3. The number of aromatic nitrogens is 1. The Hall–Kier alpha value is -0.600. The Kier molecular flexibility index (Phi) is 6.43. The molecule has 90 valence electrons. The molecule has 0 bridgehead atoms. The molecule has 1 aromatic heterocycles. The Bertz CT molecular complexity index is 302. The van der Waals surface area contributed by atoms with Crippen LogP contribution >= 0.6 is 11.6 Å². The van der Waals surface area contributed by atoms with Gasteiger partial charge in [0.15, 0.2) is 0 Å². The summed E-state index contributed by atoms with van der Waals surface area (Å²) >= 11 is 6.17. The first kappa shape index (κ1) is 13.5. The molecule has 1 heterocycles. The van der Waals surface area contributed by atoms with Crippen molar-refractivity contribution in [1.82, 2.24) is 10.3 Å². The van der Waals surface area contributed by atoms with Gasteiger partial charge in [0.25, 0.3) is 0 Å². The minimum absolute atomic E-state index is 0.368. The largest absolute Gasteiger partial charge is 0.310 e. The third-order valence-electron chi connectivity index (χ3n) is 2.73. The number of pyridine rings is 1. The zero-order valence-corrected chi connectivity index (χ0v) is 10.9. The Morgan fingerprint density at radius 1 is 1.38 bits per heavy atom. The van der Waals surface area contributed by atoms with Gasteiger partial charge in [-0.2, -0.15) is 0 Å². The van der Waals surface area contributed by atoms with E-state index in [4.69, 9.17) is 11.6 Å². The molecule has 3 heteroatoms. The Morgan fingerprint density at radius 2 is 2.19 bits per heavy atom. The van der Waals surface area contributed by atoms with Crippen LogP contribution in [0.5, 0.6) is 0 Å². The van der Waals surface area contributed by atoms with E-state index in [1.54, 1.807) is 6.20 Å². The molecule has 1 N–H and O–H groups in total. The average Bonchev–Trinajstić information content (AvgIpc) is 2.29. The molecule has 16 heavy (non-hydrogen) atoms. The fourth-order valence-electron chi connectivity index (χ4n) is 1.88. The highest BCUT2D eigenvalue weighted by Crippen LogP contribution is 2.25. The van der Waals surface area contributed by atoms with Crippen LogP contribution in [0.15, 0.2) is 18.5 Å². The van der Waals surface area contributed by atoms with Crippen molar-refractivity contribution in [1.29, 1.82) is 0 Å². The zero-order valence-electron chi connectivity index (χ0n) is 10.2. The van der Waals surface area contributed by atoms with Crippen molar-refractivity contribution >= 4 is 11.6 Å². The number of halogens is 1. The summed E-state index contributed by atoms with van der Waals surface area (Å²) in [6.45, 7) is 5.32. The fraction of sp³-hybridized carbons (Fsp3) is 0.615. The topological polar surface area (TPSA) is 24.9 Å². The molecule has 0 aromatic carbocycles. The smallest absolute Gasteiger partial charge is 0.0637 e. The average molecular weight is 241 g/mol. The maximum absolute atomic E-state index is 6.17. The van der Waals surface area contributed by atoms with Crippen molar-refractivity contribution in [2.75, 3.05) is 6.54 Å². The molecule has 1 atom stereocenters. The maximum atomic E-state index is 6.17. The Labute approximate surface area is 103 Å². The molecule has 1 unspecified atom stereocenters. The number of hydrogen-bond donors (Lipinski definition) is 1. The lowest BCUT2D eigenvalue weighted by Gasteiger charge is -2.19. The van der Waals surface area contributed by atoms with E-state index in [9.17, 15) is 0 Å². The van der Waals surface area contributed by atoms with Crippen LogP contribution < -0.4 is 5.32 Å². The van der Waals surface area contributed by atoms with Gasteiger partial charge in [-0.1, -0.05) is 44.7 Å². The molecular weight excluding hydrogens is 220 g/mol. The van der Waals surface area contributed by atoms with Crippen molar-refractivity contribution in [3.05, 3.63) is 29.0 Å². The molecule has 1 aromatic rings. The molecule has 0 aliphatic heterocycles. The van der Waals surface area contributed by atoms with Crippen LogP contribution in [0.25, 0.3) is 0 Å². The van der Waals surface area contributed by atoms with Crippen molar-refractivity contribution in [3.8, 4) is 0 Å². The van der Waals surface area contributed by atoms with E-state index in [1.807, 2.05) is 12.3 Å². The normalized spacial score (nSPS) is 12.7. The highest BCUT2D eigenvalue weighted by molar-refractivity contribution is 6.31. The van der Waals surface area contributed by atoms with Gasteiger partial charge >= 0.3 is 0 Å². The number of unbranched alkanes of at least 4 members (excludes halogenated alkanes) is 2. The van der Waals surface area contributed by atoms with Crippen LogP contribution in [0.1, 0.15) is 51.1 Å². The van der Waals surface area contributed by atoms with Gasteiger partial charge in [0.1, 0.15) is 0 Å². The fourth-order valence-corrected chi connectivity index (χ4v) is 2.13. The molecule has 0 fully saturated rings. The van der Waals surface area contributed by atoms with Gasteiger partial charge in [0, 0.05) is 18.4 Å². The summed E-state index contributed by atoms with van der Waals surface area (Å²) in [5, 5.41) is 4.25. The first-order valence-corrected chi connectivity index (χ1v) is 6.50. The Morgan fingerprint density at radius 3 is 2.81 bits per heavy atom. The zero-order chi connectivity index (χ0) is 11.8. The van der Waals surface area contributed by atoms with Crippen LogP contribution in [-0.2, 0) is 0 Å². The molecule has 0 aliphatic rings. The van der Waals surface area contributed by atoms with Gasteiger partial charge in [0.2, 0.25) is 0 Å². The van der Waals surface area contributed by atoms with Crippen molar-refractivity contribution < 1.29 is 0 Å². The number of hydrogen-bond acceptors (Lipinski definition) is 2. The highest BCUT2D eigenvalue weighted by Gasteiger charge is 2.12. The number of nitrogens with zero attached hydrogens (tertiary/aromatic N) is 1. The lowest BCUT2D eigenvalue weighted by Crippen LogP contribution is -2.21. The van der Waals surface area contributed by atoms with Crippen molar-refractivity contribution in [2.45, 2.75) is 45.6 Å². The van der Waals surface area contributed by atoms with E-state index < -0.39 is 0 Å². The van der Waals surface area contributed by atoms with E-state index in [0.717, 1.165) is 18.0 Å².